The van der Waals surface area contributed by atoms with Gasteiger partial charge in [0.05, 0.1) is 0 Å². The van der Waals surface area contributed by atoms with E-state index in [-0.39, 0.29) is 11.7 Å². The zero-order chi connectivity index (χ0) is 20.0. The van der Waals surface area contributed by atoms with E-state index in [9.17, 15) is 9.18 Å². The highest BCUT2D eigenvalue weighted by Gasteiger charge is 2.26. The van der Waals surface area contributed by atoms with Crippen LogP contribution in [0.25, 0.3) is 0 Å². The number of ketones is 1. The summed E-state index contributed by atoms with van der Waals surface area (Å²) < 4.78 is 13.1. The molecule has 1 fully saturated rings. The summed E-state index contributed by atoms with van der Waals surface area (Å²) in [5.41, 5.74) is 1.23. The Bertz CT molecular complexity index is 528. The van der Waals surface area contributed by atoms with E-state index in [1.165, 1.54) is 69.8 Å². The Morgan fingerprint density at radius 1 is 0.786 bits per heavy atom. The average molecular weight is 389 g/mol. The molecule has 0 bridgehead atoms. The maximum atomic E-state index is 13.1. The van der Waals surface area contributed by atoms with Crippen molar-refractivity contribution in [3.63, 3.8) is 0 Å². The molecule has 0 unspecified atom stereocenters. The first-order valence-corrected chi connectivity index (χ1v) is 12.0. The smallest absolute Gasteiger partial charge is 0.135 e. The minimum absolute atomic E-state index is 0.167. The van der Waals surface area contributed by atoms with Gasteiger partial charge in [-0.15, -0.1) is 0 Å². The molecule has 1 aliphatic carbocycles. The summed E-state index contributed by atoms with van der Waals surface area (Å²) in [6.07, 6.45) is 19.6. The molecule has 28 heavy (non-hydrogen) atoms. The van der Waals surface area contributed by atoms with Crippen molar-refractivity contribution < 1.29 is 9.18 Å². The van der Waals surface area contributed by atoms with Gasteiger partial charge in [-0.25, -0.2) is 4.39 Å². The van der Waals surface area contributed by atoms with Gasteiger partial charge in [0, 0.05) is 12.3 Å². The van der Waals surface area contributed by atoms with Crippen LogP contribution in [0.3, 0.4) is 0 Å². The zero-order valence-electron chi connectivity index (χ0n) is 18.1. The Morgan fingerprint density at radius 2 is 1.29 bits per heavy atom. The van der Waals surface area contributed by atoms with Crippen molar-refractivity contribution in [3.05, 3.63) is 35.6 Å². The molecule has 0 spiro atoms. The maximum Gasteiger partial charge on any atom is 0.135 e. The Kier molecular flexibility index (Phi) is 11.5. The van der Waals surface area contributed by atoms with Gasteiger partial charge in [0.15, 0.2) is 0 Å². The van der Waals surface area contributed by atoms with Gasteiger partial charge in [0.25, 0.3) is 0 Å². The molecule has 1 aromatic rings. The molecule has 0 amide bonds. The quantitative estimate of drug-likeness (QED) is 0.292. The van der Waals surface area contributed by atoms with Crippen molar-refractivity contribution in [1.82, 2.24) is 0 Å². The first-order chi connectivity index (χ1) is 13.7. The van der Waals surface area contributed by atoms with E-state index in [0.29, 0.717) is 11.7 Å². The van der Waals surface area contributed by atoms with E-state index in [0.717, 1.165) is 38.5 Å². The minimum atomic E-state index is -0.167. The minimum Gasteiger partial charge on any atom is -0.299 e. The molecule has 0 radical (unpaired) electrons. The number of benzene rings is 1. The van der Waals surface area contributed by atoms with Crippen molar-refractivity contribution >= 4 is 5.78 Å². The van der Waals surface area contributed by atoms with Crippen molar-refractivity contribution in [2.45, 2.75) is 116 Å². The van der Waals surface area contributed by atoms with Crippen molar-refractivity contribution in [3.8, 4) is 0 Å². The third-order valence-electron chi connectivity index (χ3n) is 6.55. The fourth-order valence-corrected chi connectivity index (χ4v) is 4.65. The molecular formula is C26H41FO. The lowest BCUT2D eigenvalue weighted by atomic mass is 9.76. The van der Waals surface area contributed by atoms with Crippen LogP contribution in [0.15, 0.2) is 24.3 Å². The number of unbranched alkanes of at least 4 members (excludes halogenated alkanes) is 10. The highest BCUT2D eigenvalue weighted by atomic mass is 19.1. The second-order valence-corrected chi connectivity index (χ2v) is 8.85. The molecule has 2 heteroatoms. The number of hydrogen-bond acceptors (Lipinski definition) is 1. The Hall–Kier alpha value is -1.18. The summed E-state index contributed by atoms with van der Waals surface area (Å²) in [5.74, 6) is 1.11. The van der Waals surface area contributed by atoms with Crippen molar-refractivity contribution in [2.75, 3.05) is 0 Å². The van der Waals surface area contributed by atoms with E-state index >= 15 is 0 Å². The van der Waals surface area contributed by atoms with Gasteiger partial charge < -0.3 is 0 Å². The monoisotopic (exact) mass is 388 g/mol. The van der Waals surface area contributed by atoms with Crippen LogP contribution in [0.2, 0.25) is 0 Å². The molecule has 0 heterocycles. The molecule has 0 saturated heterocycles. The molecule has 0 aliphatic heterocycles. The lowest BCUT2D eigenvalue weighted by molar-refractivity contribution is -0.124. The molecule has 0 atom stereocenters. The highest BCUT2D eigenvalue weighted by Crippen LogP contribution is 2.36. The number of rotatable bonds is 14. The number of hydrogen-bond donors (Lipinski definition) is 0. The first kappa shape index (κ1) is 23.1. The molecule has 1 saturated carbocycles. The van der Waals surface area contributed by atoms with E-state index in [1.54, 1.807) is 12.1 Å². The van der Waals surface area contributed by atoms with Crippen LogP contribution in [0.5, 0.6) is 0 Å². The third kappa shape index (κ3) is 8.88. The summed E-state index contributed by atoms with van der Waals surface area (Å²) >= 11 is 0. The van der Waals surface area contributed by atoms with Gasteiger partial charge in [-0.1, -0.05) is 83.3 Å². The second kappa shape index (κ2) is 13.9. The Labute approximate surface area is 172 Å². The average Bonchev–Trinajstić information content (AvgIpc) is 2.72. The number of carbonyl (C=O) groups is 1. The summed E-state index contributed by atoms with van der Waals surface area (Å²) in [7, 11) is 0. The molecule has 158 valence electrons. The maximum absolute atomic E-state index is 13.1. The lowest BCUT2D eigenvalue weighted by Gasteiger charge is -2.28. The van der Waals surface area contributed by atoms with E-state index in [4.69, 9.17) is 0 Å². The van der Waals surface area contributed by atoms with Crippen LogP contribution in [0.4, 0.5) is 4.39 Å². The molecular weight excluding hydrogens is 347 g/mol. The van der Waals surface area contributed by atoms with Gasteiger partial charge in [-0.05, 0) is 55.7 Å². The Morgan fingerprint density at radius 3 is 1.82 bits per heavy atom. The largest absolute Gasteiger partial charge is 0.299 e. The predicted molar refractivity (Wildman–Crippen MR) is 117 cm³/mol. The SMILES string of the molecule is CCCCCCCCCCCCCC(=O)[C@H]1CC[C@H](c2ccc(F)cc2)CC1. The summed E-state index contributed by atoms with van der Waals surface area (Å²) in [6.45, 7) is 2.27. The van der Waals surface area contributed by atoms with E-state index in [2.05, 4.69) is 6.92 Å². The van der Waals surface area contributed by atoms with Crippen molar-refractivity contribution in [1.29, 1.82) is 0 Å². The Balaban J connectivity index is 1.47. The number of carbonyl (C=O) groups excluding carboxylic acids is 1. The van der Waals surface area contributed by atoms with E-state index < -0.39 is 0 Å². The highest BCUT2D eigenvalue weighted by molar-refractivity contribution is 5.81. The summed E-state index contributed by atoms with van der Waals surface area (Å²) in [6, 6.07) is 6.93. The second-order valence-electron chi connectivity index (χ2n) is 8.85. The van der Waals surface area contributed by atoms with Crippen LogP contribution in [0, 0.1) is 11.7 Å². The van der Waals surface area contributed by atoms with Gasteiger partial charge in [0.2, 0.25) is 0 Å². The molecule has 0 N–H and O–H groups in total. The standard InChI is InChI=1S/C26H41FO/c1-2-3-4-5-6-7-8-9-10-11-12-13-26(28)24-16-14-22(15-17-24)23-18-20-25(27)21-19-23/h18-22,24H,2-17H2,1H3/t22-,24-. The number of Topliss-reactive ketones (excluding diaryl/α,β-unsaturated/α-hetero) is 1. The van der Waals surface area contributed by atoms with E-state index in [1.807, 2.05) is 12.1 Å². The van der Waals surface area contributed by atoms with Gasteiger partial charge in [0.1, 0.15) is 11.6 Å². The predicted octanol–water partition coefficient (Wildman–Crippen LogP) is 8.37. The fraction of sp³-hybridized carbons (Fsp3) is 0.731. The number of halogens is 1. The van der Waals surface area contributed by atoms with Crippen LogP contribution >= 0.6 is 0 Å². The molecule has 2 rings (SSSR count). The van der Waals surface area contributed by atoms with Gasteiger partial charge in [-0.2, -0.15) is 0 Å². The van der Waals surface area contributed by atoms with Crippen LogP contribution in [0.1, 0.15) is 121 Å². The normalized spacial score (nSPS) is 19.6. The van der Waals surface area contributed by atoms with Gasteiger partial charge in [-0.3, -0.25) is 4.79 Å². The molecule has 1 nitrogen and oxygen atoms in total. The van der Waals surface area contributed by atoms with Crippen LogP contribution < -0.4 is 0 Å². The fourth-order valence-electron chi connectivity index (χ4n) is 4.65. The molecule has 1 aliphatic rings. The zero-order valence-corrected chi connectivity index (χ0v) is 18.1. The molecule has 0 aromatic heterocycles. The van der Waals surface area contributed by atoms with Gasteiger partial charge >= 0.3 is 0 Å². The van der Waals surface area contributed by atoms with Crippen LogP contribution in [-0.2, 0) is 4.79 Å². The lowest BCUT2D eigenvalue weighted by Crippen LogP contribution is -2.21. The summed E-state index contributed by atoms with van der Waals surface area (Å²) in [5, 5.41) is 0. The third-order valence-corrected chi connectivity index (χ3v) is 6.55. The molecule has 1 aromatic carbocycles. The first-order valence-electron chi connectivity index (χ1n) is 12.0. The topological polar surface area (TPSA) is 17.1 Å². The summed E-state index contributed by atoms with van der Waals surface area (Å²) in [4.78, 5) is 12.5. The van der Waals surface area contributed by atoms with Crippen LogP contribution in [-0.4, -0.2) is 5.78 Å². The van der Waals surface area contributed by atoms with Crippen molar-refractivity contribution in [2.24, 2.45) is 5.92 Å².